The van der Waals surface area contributed by atoms with E-state index in [0.29, 0.717) is 17.2 Å². The molecule has 1 aliphatic rings. The summed E-state index contributed by atoms with van der Waals surface area (Å²) in [6.45, 7) is 13.4. The number of nitrogens with zero attached hydrogens (tertiary/aromatic N) is 2. The molecule has 0 atom stereocenters. The van der Waals surface area contributed by atoms with E-state index in [1.807, 2.05) is 45.9 Å². The number of nitrogens with one attached hydrogen (secondary N) is 1. The summed E-state index contributed by atoms with van der Waals surface area (Å²) in [4.78, 5) is 33.0. The molecular formula is C28H37N3O3. The Morgan fingerprint density at radius 3 is 2.47 bits per heavy atom. The number of anilines is 1. The van der Waals surface area contributed by atoms with E-state index in [4.69, 9.17) is 4.74 Å². The van der Waals surface area contributed by atoms with Gasteiger partial charge in [-0.3, -0.25) is 9.59 Å². The third-order valence-corrected chi connectivity index (χ3v) is 6.79. The van der Waals surface area contributed by atoms with Crippen molar-refractivity contribution in [2.75, 3.05) is 32.2 Å². The van der Waals surface area contributed by atoms with E-state index in [-0.39, 0.29) is 18.0 Å². The molecule has 0 spiro atoms. The van der Waals surface area contributed by atoms with Crippen LogP contribution < -0.4 is 10.5 Å². The van der Waals surface area contributed by atoms with Crippen LogP contribution in [0.5, 0.6) is 0 Å². The highest BCUT2D eigenvalue weighted by atomic mass is 16.5. The van der Waals surface area contributed by atoms with Crippen molar-refractivity contribution in [3.05, 3.63) is 80.8 Å². The molecular weight excluding hydrogens is 426 g/mol. The molecule has 182 valence electrons. The predicted octanol–water partition coefficient (Wildman–Crippen LogP) is 4.78. The molecule has 1 aromatic carbocycles. The van der Waals surface area contributed by atoms with Gasteiger partial charge in [-0.05, 0) is 81.0 Å². The molecule has 0 saturated carbocycles. The number of aryl methyl sites for hydroxylation is 2. The van der Waals surface area contributed by atoms with Crippen LogP contribution in [0, 0.1) is 20.8 Å². The van der Waals surface area contributed by atoms with Crippen molar-refractivity contribution in [2.45, 2.75) is 53.1 Å². The van der Waals surface area contributed by atoms with Crippen molar-refractivity contribution in [1.29, 1.82) is 0 Å². The second-order valence-corrected chi connectivity index (χ2v) is 9.31. The smallest absolute Gasteiger partial charge is 0.254 e. The van der Waals surface area contributed by atoms with Gasteiger partial charge < -0.3 is 19.5 Å². The van der Waals surface area contributed by atoms with Crippen LogP contribution in [0.3, 0.4) is 0 Å². The van der Waals surface area contributed by atoms with Crippen LogP contribution in [0.15, 0.2) is 41.7 Å². The van der Waals surface area contributed by atoms with Gasteiger partial charge in [-0.2, -0.15) is 0 Å². The number of hydrogen-bond donors (Lipinski definition) is 1. The molecule has 2 heterocycles. The summed E-state index contributed by atoms with van der Waals surface area (Å²) >= 11 is 0. The van der Waals surface area contributed by atoms with E-state index >= 15 is 0 Å². The number of benzene rings is 1. The first-order chi connectivity index (χ1) is 16.1. The van der Waals surface area contributed by atoms with Gasteiger partial charge in [0.2, 0.25) is 0 Å². The monoisotopic (exact) mass is 463 g/mol. The lowest BCUT2D eigenvalue weighted by atomic mass is 9.95. The molecule has 0 bridgehead atoms. The molecule has 3 rings (SSSR count). The second-order valence-electron chi connectivity index (χ2n) is 9.31. The number of pyridine rings is 1. The summed E-state index contributed by atoms with van der Waals surface area (Å²) < 4.78 is 5.55. The van der Waals surface area contributed by atoms with Crippen LogP contribution in [-0.4, -0.2) is 49.1 Å². The topological polar surface area (TPSA) is 65.6 Å². The normalized spacial score (nSPS) is 14.7. The summed E-state index contributed by atoms with van der Waals surface area (Å²) in [5.41, 5.74) is 6.82. The zero-order valence-corrected chi connectivity index (χ0v) is 21.3. The zero-order chi connectivity index (χ0) is 25.0. The van der Waals surface area contributed by atoms with Gasteiger partial charge in [-0.25, -0.2) is 0 Å². The van der Waals surface area contributed by atoms with Gasteiger partial charge in [0.05, 0.1) is 6.54 Å². The van der Waals surface area contributed by atoms with E-state index in [1.165, 1.54) is 0 Å². The van der Waals surface area contributed by atoms with Crippen LogP contribution in [0.25, 0.3) is 5.57 Å². The molecule has 0 radical (unpaired) electrons. The Bertz CT molecular complexity index is 1160. The molecule has 6 heteroatoms. The van der Waals surface area contributed by atoms with Crippen molar-refractivity contribution < 1.29 is 9.53 Å². The minimum Gasteiger partial charge on any atom is -0.381 e. The van der Waals surface area contributed by atoms with Gasteiger partial charge in [0.1, 0.15) is 0 Å². The number of carbonyl (C=O) groups is 1. The Kier molecular flexibility index (Phi) is 8.15. The maximum atomic E-state index is 13.7. The summed E-state index contributed by atoms with van der Waals surface area (Å²) in [5.74, 6) is -0.105. The van der Waals surface area contributed by atoms with Gasteiger partial charge in [0, 0.05) is 55.9 Å². The number of rotatable bonds is 7. The Morgan fingerprint density at radius 1 is 1.18 bits per heavy atom. The standard InChI is InChI=1S/C28H37N3O3/c1-8-9-18(2)22-15-24(21(5)26(16-22)31(7)23-10-12-34-13-11-23)28(33)30(6)17-25-19(3)14-20(4)29-27(25)32/h8-9,14-16,23H,1,10-13,17H2,2-7H3,(H,29,32). The average molecular weight is 464 g/mol. The molecule has 34 heavy (non-hydrogen) atoms. The van der Waals surface area contributed by atoms with Crippen molar-refractivity contribution in [2.24, 2.45) is 0 Å². The fraction of sp³-hybridized carbons (Fsp3) is 0.429. The van der Waals surface area contributed by atoms with Crippen LogP contribution in [0.4, 0.5) is 5.69 Å². The van der Waals surface area contributed by atoms with Gasteiger partial charge in [0.25, 0.3) is 11.5 Å². The zero-order valence-electron chi connectivity index (χ0n) is 21.3. The number of aromatic nitrogens is 1. The van der Waals surface area contributed by atoms with Crippen LogP contribution >= 0.6 is 0 Å². The molecule has 6 nitrogen and oxygen atoms in total. The van der Waals surface area contributed by atoms with E-state index < -0.39 is 0 Å². The molecule has 1 amide bonds. The fourth-order valence-corrected chi connectivity index (χ4v) is 4.65. The lowest BCUT2D eigenvalue weighted by Gasteiger charge is -2.35. The molecule has 1 N–H and O–H groups in total. The largest absolute Gasteiger partial charge is 0.381 e. The van der Waals surface area contributed by atoms with E-state index in [1.54, 1.807) is 18.0 Å². The number of hydrogen-bond acceptors (Lipinski definition) is 4. The van der Waals surface area contributed by atoms with Gasteiger partial charge in [0.15, 0.2) is 0 Å². The summed E-state index contributed by atoms with van der Waals surface area (Å²) in [6.07, 6.45) is 5.63. The molecule has 1 aromatic heterocycles. The third kappa shape index (κ3) is 5.50. The molecule has 1 saturated heterocycles. The summed E-state index contributed by atoms with van der Waals surface area (Å²) in [7, 11) is 3.85. The fourth-order valence-electron chi connectivity index (χ4n) is 4.65. The summed E-state index contributed by atoms with van der Waals surface area (Å²) in [6, 6.07) is 6.41. The Balaban J connectivity index is 2.02. The highest BCUT2D eigenvalue weighted by Crippen LogP contribution is 2.32. The van der Waals surface area contributed by atoms with Crippen LogP contribution in [0.2, 0.25) is 0 Å². The highest BCUT2D eigenvalue weighted by Gasteiger charge is 2.25. The van der Waals surface area contributed by atoms with Gasteiger partial charge >= 0.3 is 0 Å². The predicted molar refractivity (Wildman–Crippen MR) is 140 cm³/mol. The number of carbonyl (C=O) groups excluding carboxylic acids is 1. The summed E-state index contributed by atoms with van der Waals surface area (Å²) in [5, 5.41) is 0. The Morgan fingerprint density at radius 2 is 1.85 bits per heavy atom. The molecule has 2 aromatic rings. The highest BCUT2D eigenvalue weighted by molar-refractivity contribution is 5.98. The molecule has 0 aliphatic carbocycles. The van der Waals surface area contributed by atoms with Crippen LogP contribution in [0.1, 0.15) is 58.1 Å². The third-order valence-electron chi connectivity index (χ3n) is 6.79. The van der Waals surface area contributed by atoms with Gasteiger partial charge in [-0.1, -0.05) is 18.7 Å². The van der Waals surface area contributed by atoms with Crippen LogP contribution in [-0.2, 0) is 11.3 Å². The van der Waals surface area contributed by atoms with Crippen molar-refractivity contribution in [1.82, 2.24) is 9.88 Å². The number of H-pyrrole nitrogens is 1. The first-order valence-electron chi connectivity index (χ1n) is 11.8. The lowest BCUT2D eigenvalue weighted by molar-refractivity contribution is 0.0783. The maximum absolute atomic E-state index is 13.7. The first kappa shape index (κ1) is 25.5. The van der Waals surface area contributed by atoms with Crippen molar-refractivity contribution >= 4 is 17.2 Å². The quantitative estimate of drug-likeness (QED) is 0.601. The lowest BCUT2D eigenvalue weighted by Crippen LogP contribution is -2.37. The molecule has 0 unspecified atom stereocenters. The minimum absolute atomic E-state index is 0.105. The van der Waals surface area contributed by atoms with E-state index in [2.05, 4.69) is 29.6 Å². The number of ether oxygens (including phenoxy) is 1. The molecule has 1 fully saturated rings. The average Bonchev–Trinajstić information content (AvgIpc) is 2.81. The first-order valence-corrected chi connectivity index (χ1v) is 11.8. The number of allylic oxidation sites excluding steroid dienone is 3. The Hall–Kier alpha value is -3.12. The van der Waals surface area contributed by atoms with Crippen molar-refractivity contribution in [3.63, 3.8) is 0 Å². The second kappa shape index (κ2) is 10.9. The van der Waals surface area contributed by atoms with Gasteiger partial charge in [-0.15, -0.1) is 0 Å². The molecule has 1 aliphatic heterocycles. The maximum Gasteiger partial charge on any atom is 0.254 e. The van der Waals surface area contributed by atoms with E-state index in [9.17, 15) is 9.59 Å². The number of aromatic amines is 1. The number of amides is 1. The SMILES string of the molecule is C=CC=C(C)c1cc(C(=O)N(C)Cc2c(C)cc(C)[nH]c2=O)c(C)c(N(C)C2CCOCC2)c1. The minimum atomic E-state index is -0.146. The van der Waals surface area contributed by atoms with E-state index in [0.717, 1.165) is 59.7 Å². The Labute approximate surface area is 202 Å². The van der Waals surface area contributed by atoms with Crippen molar-refractivity contribution in [3.8, 4) is 0 Å².